The molecule has 21 heavy (non-hydrogen) atoms. The van der Waals surface area contributed by atoms with Crippen molar-refractivity contribution in [1.29, 1.82) is 0 Å². The standard InChI is InChI=1S/C19H23NO/c1-14-9-10-18(15(2)11-14)12-19(21)20-13-16(3)17-7-5-4-6-8-17/h4-11,16H,12-13H2,1-3H3,(H,20,21). The summed E-state index contributed by atoms with van der Waals surface area (Å²) in [6.07, 6.45) is 0.452. The molecule has 0 saturated heterocycles. The number of aryl methyl sites for hydroxylation is 2. The van der Waals surface area contributed by atoms with Crippen molar-refractivity contribution in [1.82, 2.24) is 5.32 Å². The predicted molar refractivity (Wildman–Crippen MR) is 87.5 cm³/mol. The second-order valence-electron chi connectivity index (χ2n) is 5.72. The lowest BCUT2D eigenvalue weighted by atomic mass is 10.0. The number of carbonyl (C=O) groups is 1. The Morgan fingerprint density at radius 3 is 2.48 bits per heavy atom. The summed E-state index contributed by atoms with van der Waals surface area (Å²) >= 11 is 0. The predicted octanol–water partition coefficient (Wildman–Crippen LogP) is 3.77. The van der Waals surface area contributed by atoms with Gasteiger partial charge in [0.1, 0.15) is 0 Å². The van der Waals surface area contributed by atoms with E-state index in [1.54, 1.807) is 0 Å². The molecule has 1 N–H and O–H groups in total. The van der Waals surface area contributed by atoms with Crippen molar-refractivity contribution < 1.29 is 4.79 Å². The number of nitrogens with one attached hydrogen (secondary N) is 1. The molecule has 2 aromatic rings. The number of rotatable bonds is 5. The van der Waals surface area contributed by atoms with Crippen LogP contribution in [0.5, 0.6) is 0 Å². The van der Waals surface area contributed by atoms with E-state index in [1.807, 2.05) is 24.3 Å². The van der Waals surface area contributed by atoms with E-state index < -0.39 is 0 Å². The highest BCUT2D eigenvalue weighted by Crippen LogP contribution is 2.14. The van der Waals surface area contributed by atoms with Gasteiger partial charge in [-0.2, -0.15) is 0 Å². The molecule has 1 unspecified atom stereocenters. The van der Waals surface area contributed by atoms with E-state index >= 15 is 0 Å². The van der Waals surface area contributed by atoms with E-state index in [0.29, 0.717) is 18.9 Å². The summed E-state index contributed by atoms with van der Waals surface area (Å²) in [4.78, 5) is 12.1. The molecule has 0 aliphatic carbocycles. The van der Waals surface area contributed by atoms with Gasteiger partial charge in [-0.3, -0.25) is 4.79 Å². The third-order valence-electron chi connectivity index (χ3n) is 3.82. The maximum Gasteiger partial charge on any atom is 0.224 e. The van der Waals surface area contributed by atoms with Crippen LogP contribution >= 0.6 is 0 Å². The van der Waals surface area contributed by atoms with Gasteiger partial charge >= 0.3 is 0 Å². The fourth-order valence-corrected chi connectivity index (χ4v) is 2.45. The first-order valence-electron chi connectivity index (χ1n) is 7.44. The zero-order valence-corrected chi connectivity index (χ0v) is 13.0. The number of benzene rings is 2. The van der Waals surface area contributed by atoms with Gasteiger partial charge < -0.3 is 5.32 Å². The highest BCUT2D eigenvalue weighted by molar-refractivity contribution is 5.79. The molecule has 0 bridgehead atoms. The molecule has 2 aromatic carbocycles. The van der Waals surface area contributed by atoms with Crippen LogP contribution in [0.2, 0.25) is 0 Å². The van der Waals surface area contributed by atoms with E-state index in [4.69, 9.17) is 0 Å². The summed E-state index contributed by atoms with van der Waals surface area (Å²) in [6, 6.07) is 16.5. The van der Waals surface area contributed by atoms with E-state index in [0.717, 1.165) is 5.56 Å². The SMILES string of the molecule is Cc1ccc(CC(=O)NCC(C)c2ccccc2)c(C)c1. The van der Waals surface area contributed by atoms with E-state index in [-0.39, 0.29) is 5.91 Å². The van der Waals surface area contributed by atoms with Crippen LogP contribution in [-0.4, -0.2) is 12.5 Å². The topological polar surface area (TPSA) is 29.1 Å². The normalized spacial score (nSPS) is 12.0. The highest BCUT2D eigenvalue weighted by Gasteiger charge is 2.09. The maximum atomic E-state index is 12.1. The summed E-state index contributed by atoms with van der Waals surface area (Å²) in [5, 5.41) is 3.03. The van der Waals surface area contributed by atoms with Crippen LogP contribution in [0.15, 0.2) is 48.5 Å². The van der Waals surface area contributed by atoms with Crippen molar-refractivity contribution in [2.24, 2.45) is 0 Å². The van der Waals surface area contributed by atoms with E-state index in [9.17, 15) is 4.79 Å². The summed E-state index contributed by atoms with van der Waals surface area (Å²) < 4.78 is 0. The molecule has 110 valence electrons. The van der Waals surface area contributed by atoms with Crippen molar-refractivity contribution >= 4 is 5.91 Å². The molecular weight excluding hydrogens is 258 g/mol. The molecule has 0 aliphatic heterocycles. The minimum Gasteiger partial charge on any atom is -0.355 e. The van der Waals surface area contributed by atoms with Gasteiger partial charge in [0.25, 0.3) is 0 Å². The molecule has 1 amide bonds. The lowest BCUT2D eigenvalue weighted by molar-refractivity contribution is -0.120. The minimum absolute atomic E-state index is 0.0877. The summed E-state index contributed by atoms with van der Waals surface area (Å²) in [6.45, 7) is 6.93. The summed E-state index contributed by atoms with van der Waals surface area (Å²) in [7, 11) is 0. The molecule has 2 rings (SSSR count). The van der Waals surface area contributed by atoms with Crippen molar-refractivity contribution in [3.8, 4) is 0 Å². The van der Waals surface area contributed by atoms with Crippen molar-refractivity contribution in [2.45, 2.75) is 33.1 Å². The molecule has 1 atom stereocenters. The van der Waals surface area contributed by atoms with Crippen LogP contribution < -0.4 is 5.32 Å². The van der Waals surface area contributed by atoms with Crippen molar-refractivity contribution in [2.75, 3.05) is 6.54 Å². The fraction of sp³-hybridized carbons (Fsp3) is 0.316. The molecule has 0 saturated carbocycles. The molecular formula is C19H23NO. The van der Waals surface area contributed by atoms with Crippen LogP contribution in [0, 0.1) is 13.8 Å². The first kappa shape index (κ1) is 15.3. The Labute approximate surface area is 127 Å². The van der Waals surface area contributed by atoms with Gasteiger partial charge in [0.05, 0.1) is 6.42 Å². The summed E-state index contributed by atoms with van der Waals surface area (Å²) in [5.41, 5.74) is 4.77. The van der Waals surface area contributed by atoms with Crippen molar-refractivity contribution in [3.05, 3.63) is 70.8 Å². The van der Waals surface area contributed by atoms with E-state index in [2.05, 4.69) is 50.4 Å². The quantitative estimate of drug-likeness (QED) is 0.888. The van der Waals surface area contributed by atoms with Gasteiger partial charge in [0.15, 0.2) is 0 Å². The second-order valence-corrected chi connectivity index (χ2v) is 5.72. The lowest BCUT2D eigenvalue weighted by Gasteiger charge is -2.13. The Morgan fingerprint density at radius 2 is 1.81 bits per heavy atom. The average Bonchev–Trinajstić information content (AvgIpc) is 2.48. The largest absolute Gasteiger partial charge is 0.355 e. The maximum absolute atomic E-state index is 12.1. The summed E-state index contributed by atoms with van der Waals surface area (Å²) in [5.74, 6) is 0.416. The zero-order valence-electron chi connectivity index (χ0n) is 13.0. The molecule has 2 heteroatoms. The molecule has 0 aliphatic rings. The van der Waals surface area contributed by atoms with Gasteiger partial charge in [-0.25, -0.2) is 0 Å². The molecule has 0 fully saturated rings. The van der Waals surface area contributed by atoms with Gasteiger partial charge in [-0.15, -0.1) is 0 Å². The first-order chi connectivity index (χ1) is 10.1. The van der Waals surface area contributed by atoms with Crippen LogP contribution in [0.1, 0.15) is 35.1 Å². The van der Waals surface area contributed by atoms with Gasteiger partial charge in [0.2, 0.25) is 5.91 Å². The van der Waals surface area contributed by atoms with Gasteiger partial charge in [0, 0.05) is 6.54 Å². The second kappa shape index (κ2) is 7.07. The zero-order chi connectivity index (χ0) is 15.2. The molecule has 0 spiro atoms. The third-order valence-corrected chi connectivity index (χ3v) is 3.82. The Kier molecular flexibility index (Phi) is 5.15. The molecule has 2 nitrogen and oxygen atoms in total. The monoisotopic (exact) mass is 281 g/mol. The van der Waals surface area contributed by atoms with Gasteiger partial charge in [-0.05, 0) is 36.5 Å². The lowest BCUT2D eigenvalue weighted by Crippen LogP contribution is -2.29. The van der Waals surface area contributed by atoms with Gasteiger partial charge in [-0.1, -0.05) is 61.0 Å². The Hall–Kier alpha value is -2.09. The van der Waals surface area contributed by atoms with Crippen LogP contribution in [0.4, 0.5) is 0 Å². The minimum atomic E-state index is 0.0877. The van der Waals surface area contributed by atoms with Crippen LogP contribution in [0.25, 0.3) is 0 Å². The first-order valence-corrected chi connectivity index (χ1v) is 7.44. The third kappa shape index (κ3) is 4.45. The smallest absolute Gasteiger partial charge is 0.224 e. The molecule has 0 heterocycles. The Bertz CT molecular complexity index is 604. The fourth-order valence-electron chi connectivity index (χ4n) is 2.45. The Balaban J connectivity index is 1.87. The average molecular weight is 281 g/mol. The number of amides is 1. The number of carbonyl (C=O) groups excluding carboxylic acids is 1. The highest BCUT2D eigenvalue weighted by atomic mass is 16.1. The number of hydrogen-bond donors (Lipinski definition) is 1. The number of hydrogen-bond acceptors (Lipinski definition) is 1. The molecule has 0 radical (unpaired) electrons. The van der Waals surface area contributed by atoms with Crippen LogP contribution in [0.3, 0.4) is 0 Å². The van der Waals surface area contributed by atoms with E-state index in [1.165, 1.54) is 16.7 Å². The van der Waals surface area contributed by atoms with Crippen molar-refractivity contribution in [3.63, 3.8) is 0 Å². The van der Waals surface area contributed by atoms with Crippen LogP contribution in [-0.2, 0) is 11.2 Å². The molecule has 0 aromatic heterocycles. The Morgan fingerprint density at radius 1 is 1.10 bits per heavy atom.